The minimum Gasteiger partial charge on any atom is -0.507 e. The van der Waals surface area contributed by atoms with Gasteiger partial charge < -0.3 is 19.2 Å². The van der Waals surface area contributed by atoms with Crippen LogP contribution in [0.25, 0.3) is 11.0 Å². The molecular weight excluding hydrogens is 360 g/mol. The van der Waals surface area contributed by atoms with Crippen LogP contribution in [0.2, 0.25) is 0 Å². The van der Waals surface area contributed by atoms with E-state index in [1.165, 1.54) is 6.07 Å². The van der Waals surface area contributed by atoms with E-state index in [0.29, 0.717) is 36.3 Å². The third kappa shape index (κ3) is 4.54. The Kier molecular flexibility index (Phi) is 6.36. The van der Waals surface area contributed by atoms with Crippen LogP contribution in [0.4, 0.5) is 0 Å². The van der Waals surface area contributed by atoms with Crippen molar-refractivity contribution in [2.24, 2.45) is 0 Å². The number of esters is 1. The lowest BCUT2D eigenvalue weighted by Crippen LogP contribution is -2.43. The summed E-state index contributed by atoms with van der Waals surface area (Å²) in [5.74, 6) is -0.191. The first-order chi connectivity index (χ1) is 13.4. The van der Waals surface area contributed by atoms with Crippen molar-refractivity contribution in [2.45, 2.75) is 33.2 Å². The first-order valence-corrected chi connectivity index (χ1v) is 9.73. The zero-order valence-electron chi connectivity index (χ0n) is 16.8. The van der Waals surface area contributed by atoms with Crippen LogP contribution in [-0.4, -0.2) is 60.7 Å². The first-order valence-electron chi connectivity index (χ1n) is 9.73. The lowest BCUT2D eigenvalue weighted by Gasteiger charge is -2.32. The number of rotatable bonds is 6. The molecule has 7 nitrogen and oxygen atoms in total. The standard InChI is InChI=1S/C21H28N2O5/c1-4-27-18(24)6-5-15-12-16-14(2)11-19(25)28-21(16)17(20(15)26)13-23-9-7-22(3)8-10-23/h11-12,26H,4-10,13H2,1-3H3. The van der Waals surface area contributed by atoms with E-state index in [-0.39, 0.29) is 18.1 Å². The van der Waals surface area contributed by atoms with Crippen molar-refractivity contribution in [3.63, 3.8) is 0 Å². The molecule has 0 atom stereocenters. The van der Waals surface area contributed by atoms with Crippen molar-refractivity contribution in [1.82, 2.24) is 9.80 Å². The highest BCUT2D eigenvalue weighted by molar-refractivity contribution is 5.86. The van der Waals surface area contributed by atoms with E-state index in [9.17, 15) is 14.7 Å². The Morgan fingerprint density at radius 1 is 1.25 bits per heavy atom. The van der Waals surface area contributed by atoms with Crippen LogP contribution in [0.1, 0.15) is 30.0 Å². The maximum atomic E-state index is 11.9. The number of phenols is 1. The Bertz CT molecular complexity index is 913. The molecule has 152 valence electrons. The van der Waals surface area contributed by atoms with Gasteiger partial charge in [0.15, 0.2) is 0 Å². The van der Waals surface area contributed by atoms with Gasteiger partial charge in [-0.2, -0.15) is 0 Å². The molecule has 0 bridgehead atoms. The van der Waals surface area contributed by atoms with Gasteiger partial charge in [-0.25, -0.2) is 4.79 Å². The number of phenolic OH excluding ortho intramolecular Hbond substituents is 1. The summed E-state index contributed by atoms with van der Waals surface area (Å²) in [4.78, 5) is 28.2. The summed E-state index contributed by atoms with van der Waals surface area (Å²) in [7, 11) is 2.09. The molecule has 1 fully saturated rings. The van der Waals surface area contributed by atoms with Gasteiger partial charge in [-0.1, -0.05) is 0 Å². The van der Waals surface area contributed by atoms with E-state index in [2.05, 4.69) is 16.8 Å². The van der Waals surface area contributed by atoms with Gasteiger partial charge in [-0.05, 0) is 44.5 Å². The smallest absolute Gasteiger partial charge is 0.336 e. The average molecular weight is 388 g/mol. The molecule has 1 saturated heterocycles. The number of likely N-dealkylation sites (N-methyl/N-ethyl adjacent to an activating group) is 1. The zero-order valence-corrected chi connectivity index (χ0v) is 16.8. The summed E-state index contributed by atoms with van der Waals surface area (Å²) in [6, 6.07) is 3.27. The number of carbonyl (C=O) groups excluding carboxylic acids is 1. The minimum atomic E-state index is -0.427. The second-order valence-electron chi connectivity index (χ2n) is 7.37. The summed E-state index contributed by atoms with van der Waals surface area (Å²) in [6.07, 6.45) is 0.561. The third-order valence-corrected chi connectivity index (χ3v) is 5.27. The number of ether oxygens (including phenoxy) is 1. The molecule has 28 heavy (non-hydrogen) atoms. The predicted octanol–water partition coefficient (Wildman–Crippen LogP) is 2.05. The van der Waals surface area contributed by atoms with Crippen LogP contribution in [0.5, 0.6) is 5.75 Å². The van der Waals surface area contributed by atoms with Gasteiger partial charge in [-0.15, -0.1) is 0 Å². The van der Waals surface area contributed by atoms with Crippen LogP contribution < -0.4 is 5.63 Å². The molecule has 0 saturated carbocycles. The van der Waals surface area contributed by atoms with Crippen LogP contribution in [-0.2, 0) is 22.5 Å². The molecule has 7 heteroatoms. The number of benzene rings is 1. The maximum Gasteiger partial charge on any atom is 0.336 e. The van der Waals surface area contributed by atoms with Crippen molar-refractivity contribution in [1.29, 1.82) is 0 Å². The maximum absolute atomic E-state index is 11.9. The highest BCUT2D eigenvalue weighted by Gasteiger charge is 2.22. The minimum absolute atomic E-state index is 0.101. The van der Waals surface area contributed by atoms with E-state index in [4.69, 9.17) is 9.15 Å². The van der Waals surface area contributed by atoms with Crippen LogP contribution in [0, 0.1) is 6.92 Å². The zero-order chi connectivity index (χ0) is 20.3. The van der Waals surface area contributed by atoms with Crippen molar-refractivity contribution in [2.75, 3.05) is 39.8 Å². The van der Waals surface area contributed by atoms with Crippen molar-refractivity contribution in [3.8, 4) is 5.75 Å². The average Bonchev–Trinajstić information content (AvgIpc) is 2.65. The van der Waals surface area contributed by atoms with Crippen molar-refractivity contribution < 1.29 is 19.1 Å². The fourth-order valence-electron chi connectivity index (χ4n) is 3.60. The highest BCUT2D eigenvalue weighted by atomic mass is 16.5. The Morgan fingerprint density at radius 2 is 1.96 bits per heavy atom. The summed E-state index contributed by atoms with van der Waals surface area (Å²) >= 11 is 0. The Labute approximate surface area is 164 Å². The van der Waals surface area contributed by atoms with Gasteiger partial charge in [0, 0.05) is 50.6 Å². The predicted molar refractivity (Wildman–Crippen MR) is 107 cm³/mol. The fraction of sp³-hybridized carbons (Fsp3) is 0.524. The summed E-state index contributed by atoms with van der Waals surface area (Å²) in [5, 5.41) is 11.7. The number of hydrogen-bond donors (Lipinski definition) is 1. The number of nitrogens with zero attached hydrogens (tertiary/aromatic N) is 2. The molecule has 1 aliphatic rings. The van der Waals surface area contributed by atoms with Gasteiger partial charge in [0.05, 0.1) is 12.2 Å². The third-order valence-electron chi connectivity index (χ3n) is 5.27. The molecule has 1 aliphatic heterocycles. The van der Waals surface area contributed by atoms with Crippen LogP contribution in [0.15, 0.2) is 21.3 Å². The SMILES string of the molecule is CCOC(=O)CCc1cc2c(C)cc(=O)oc2c(CN2CCN(C)CC2)c1O. The molecular formula is C21H28N2O5. The summed E-state index contributed by atoms with van der Waals surface area (Å²) in [6.45, 7) is 8.10. The monoisotopic (exact) mass is 388 g/mol. The number of aryl methyl sites for hydroxylation is 2. The summed E-state index contributed by atoms with van der Waals surface area (Å²) in [5.41, 5.74) is 2.08. The quantitative estimate of drug-likeness (QED) is 0.599. The summed E-state index contributed by atoms with van der Waals surface area (Å²) < 4.78 is 10.5. The molecule has 0 amide bonds. The molecule has 2 heterocycles. The molecule has 0 spiro atoms. The van der Waals surface area contributed by atoms with Crippen LogP contribution in [0.3, 0.4) is 0 Å². The van der Waals surface area contributed by atoms with E-state index in [0.717, 1.165) is 37.1 Å². The molecule has 1 N–H and O–H groups in total. The Balaban J connectivity index is 1.99. The topological polar surface area (TPSA) is 83.2 Å². The van der Waals surface area contributed by atoms with Gasteiger partial charge in [-0.3, -0.25) is 9.69 Å². The number of piperazine rings is 1. The molecule has 3 rings (SSSR count). The second-order valence-corrected chi connectivity index (χ2v) is 7.37. The largest absolute Gasteiger partial charge is 0.507 e. The number of carbonyl (C=O) groups is 1. The Hall–Kier alpha value is -2.38. The lowest BCUT2D eigenvalue weighted by molar-refractivity contribution is -0.143. The molecule has 2 aromatic rings. The van der Waals surface area contributed by atoms with E-state index in [1.807, 2.05) is 13.0 Å². The van der Waals surface area contributed by atoms with E-state index >= 15 is 0 Å². The molecule has 1 aromatic carbocycles. The molecule has 1 aromatic heterocycles. The molecule has 0 radical (unpaired) electrons. The fourth-order valence-corrected chi connectivity index (χ4v) is 3.60. The number of aromatic hydroxyl groups is 1. The van der Waals surface area contributed by atoms with Gasteiger partial charge in [0.25, 0.3) is 0 Å². The highest BCUT2D eigenvalue weighted by Crippen LogP contribution is 2.34. The normalized spacial score (nSPS) is 15.8. The molecule has 0 aliphatic carbocycles. The Morgan fingerprint density at radius 3 is 2.64 bits per heavy atom. The van der Waals surface area contributed by atoms with Crippen molar-refractivity contribution >= 4 is 16.9 Å². The van der Waals surface area contributed by atoms with Gasteiger partial charge in [0.2, 0.25) is 0 Å². The van der Waals surface area contributed by atoms with E-state index < -0.39 is 5.63 Å². The first kappa shape index (κ1) is 20.4. The van der Waals surface area contributed by atoms with Crippen molar-refractivity contribution in [3.05, 3.63) is 39.2 Å². The number of fused-ring (bicyclic) bond motifs is 1. The molecule has 0 unspecified atom stereocenters. The van der Waals surface area contributed by atoms with Gasteiger partial charge in [0.1, 0.15) is 11.3 Å². The van der Waals surface area contributed by atoms with Crippen LogP contribution >= 0.6 is 0 Å². The lowest BCUT2D eigenvalue weighted by atomic mass is 9.98. The second kappa shape index (κ2) is 8.75. The van der Waals surface area contributed by atoms with Gasteiger partial charge >= 0.3 is 11.6 Å². The number of hydrogen-bond acceptors (Lipinski definition) is 7. The van der Waals surface area contributed by atoms with E-state index in [1.54, 1.807) is 6.92 Å².